The molecule has 4 rings (SSSR count). The third-order valence-corrected chi connectivity index (χ3v) is 7.87. The number of carboxylic acid groups (broad SMARTS) is 1. The minimum absolute atomic E-state index is 0.0687. The number of carbonyl (C=O) groups is 4. The van der Waals surface area contributed by atoms with Crippen LogP contribution in [0.15, 0.2) is 47.0 Å². The van der Waals surface area contributed by atoms with Gasteiger partial charge in [-0.05, 0) is 23.3 Å². The number of aliphatic carboxylic acids is 1. The molecule has 4 amide bonds. The first-order valence-corrected chi connectivity index (χ1v) is 12.3. The summed E-state index contributed by atoms with van der Waals surface area (Å²) in [5, 5.41) is 22.7. The molecule has 1 saturated heterocycles. The van der Waals surface area contributed by atoms with Crippen molar-refractivity contribution in [2.24, 2.45) is 18.5 Å². The Bertz CT molecular complexity index is 1210. The smallest absolute Gasteiger partial charge is 0.352 e. The summed E-state index contributed by atoms with van der Waals surface area (Å²) in [7, 11) is 1.78. The number of fused-ring (bicyclic) bond motifs is 1. The molecule has 13 nitrogen and oxygen atoms in total. The second-order valence-electron chi connectivity index (χ2n) is 7.76. The van der Waals surface area contributed by atoms with Crippen LogP contribution in [0.5, 0.6) is 0 Å². The Kier molecular flexibility index (Phi) is 7.00. The number of amides is 4. The molecule has 2 aliphatic rings. The molecule has 0 aliphatic carbocycles. The van der Waals surface area contributed by atoms with Crippen molar-refractivity contribution in [3.05, 3.63) is 47.4 Å². The van der Waals surface area contributed by atoms with Crippen LogP contribution in [0.25, 0.3) is 0 Å². The van der Waals surface area contributed by atoms with Gasteiger partial charge in [-0.2, -0.15) is 0 Å². The van der Waals surface area contributed by atoms with Crippen molar-refractivity contribution < 1.29 is 24.3 Å². The number of urea groups is 1. The minimum atomic E-state index is -1.21. The summed E-state index contributed by atoms with van der Waals surface area (Å²) in [5.74, 6) is -1.58. The average molecular weight is 519 g/mol. The summed E-state index contributed by atoms with van der Waals surface area (Å²) in [6, 6.07) is 3.54. The van der Waals surface area contributed by atoms with Crippen molar-refractivity contribution in [3.8, 4) is 0 Å². The molecule has 2 aliphatic heterocycles. The zero-order chi connectivity index (χ0) is 25.3. The number of carboxylic acids is 1. The second kappa shape index (κ2) is 9.97. The SMILES string of the molecule is Cn1cnnc1SCC1=C(C(=O)O)N2C(=O)C(NC(=O)C(N)c3ccc(NC(N)=O)cc3)[C@@H]2SC1. The quantitative estimate of drug-likeness (QED) is 0.231. The molecule has 7 N–H and O–H groups in total. The van der Waals surface area contributed by atoms with E-state index in [2.05, 4.69) is 20.8 Å². The van der Waals surface area contributed by atoms with E-state index < -0.39 is 41.3 Å². The van der Waals surface area contributed by atoms with Gasteiger partial charge in [0.05, 0.1) is 0 Å². The maximum atomic E-state index is 12.9. The van der Waals surface area contributed by atoms with E-state index in [1.807, 2.05) is 0 Å². The van der Waals surface area contributed by atoms with E-state index in [1.54, 1.807) is 42.2 Å². The van der Waals surface area contributed by atoms with Crippen LogP contribution in [0.3, 0.4) is 0 Å². The van der Waals surface area contributed by atoms with Gasteiger partial charge in [0.25, 0.3) is 5.91 Å². The van der Waals surface area contributed by atoms with Crippen molar-refractivity contribution >= 4 is 53.0 Å². The lowest BCUT2D eigenvalue weighted by Crippen LogP contribution is -2.71. The molecular formula is C20H22N8O5S2. The first kappa shape index (κ1) is 24.6. The van der Waals surface area contributed by atoms with Gasteiger partial charge < -0.3 is 31.8 Å². The molecule has 35 heavy (non-hydrogen) atoms. The number of aromatic nitrogens is 3. The zero-order valence-electron chi connectivity index (χ0n) is 18.4. The zero-order valence-corrected chi connectivity index (χ0v) is 20.0. The van der Waals surface area contributed by atoms with Crippen molar-refractivity contribution in [2.75, 3.05) is 16.8 Å². The first-order chi connectivity index (χ1) is 16.7. The molecule has 1 fully saturated rings. The third-order valence-electron chi connectivity index (χ3n) is 5.41. The predicted octanol–water partition coefficient (Wildman–Crippen LogP) is -0.164. The van der Waals surface area contributed by atoms with Crippen LogP contribution in [0.4, 0.5) is 10.5 Å². The Hall–Kier alpha value is -3.56. The molecule has 15 heteroatoms. The third kappa shape index (κ3) is 4.96. The van der Waals surface area contributed by atoms with Gasteiger partial charge in [0.15, 0.2) is 5.16 Å². The van der Waals surface area contributed by atoms with E-state index in [0.717, 1.165) is 0 Å². The molecule has 0 bridgehead atoms. The lowest BCUT2D eigenvalue weighted by molar-refractivity contribution is -0.150. The number of benzene rings is 1. The van der Waals surface area contributed by atoms with Crippen molar-refractivity contribution in [1.82, 2.24) is 25.0 Å². The number of β-lactam (4-membered cyclic amide) rings is 1. The van der Waals surface area contributed by atoms with E-state index in [9.17, 15) is 24.3 Å². The van der Waals surface area contributed by atoms with E-state index >= 15 is 0 Å². The molecule has 2 aromatic rings. The van der Waals surface area contributed by atoms with Crippen molar-refractivity contribution in [1.29, 1.82) is 0 Å². The molecule has 3 atom stereocenters. The summed E-state index contributed by atoms with van der Waals surface area (Å²) in [4.78, 5) is 49.7. The van der Waals surface area contributed by atoms with Gasteiger partial charge in [-0.1, -0.05) is 23.9 Å². The number of aryl methyl sites for hydroxylation is 1. The average Bonchev–Trinajstić information content (AvgIpc) is 3.24. The molecule has 184 valence electrons. The van der Waals surface area contributed by atoms with Crippen LogP contribution in [-0.2, 0) is 21.4 Å². The summed E-state index contributed by atoms with van der Waals surface area (Å²) in [6.45, 7) is 0. The Balaban J connectivity index is 1.42. The fourth-order valence-electron chi connectivity index (χ4n) is 3.66. The van der Waals surface area contributed by atoms with Gasteiger partial charge in [0.2, 0.25) is 5.91 Å². The Morgan fingerprint density at radius 1 is 1.31 bits per heavy atom. The minimum Gasteiger partial charge on any atom is -0.477 e. The molecule has 1 aromatic carbocycles. The van der Waals surface area contributed by atoms with Gasteiger partial charge in [0.1, 0.15) is 29.5 Å². The molecule has 3 heterocycles. The molecule has 1 aromatic heterocycles. The highest BCUT2D eigenvalue weighted by atomic mass is 32.2. The van der Waals surface area contributed by atoms with E-state index in [4.69, 9.17) is 11.5 Å². The number of anilines is 1. The van der Waals surface area contributed by atoms with Crippen LogP contribution in [0, 0.1) is 0 Å². The maximum Gasteiger partial charge on any atom is 0.352 e. The summed E-state index contributed by atoms with van der Waals surface area (Å²) < 4.78 is 1.72. The molecule has 0 spiro atoms. The molecule has 0 saturated carbocycles. The fraction of sp³-hybridized carbons (Fsp3) is 0.300. The molecule has 0 radical (unpaired) electrons. The normalized spacial score (nSPS) is 20.1. The number of hydrogen-bond donors (Lipinski definition) is 5. The first-order valence-electron chi connectivity index (χ1n) is 10.3. The highest BCUT2D eigenvalue weighted by molar-refractivity contribution is 8.01. The number of hydrogen-bond acceptors (Lipinski definition) is 9. The largest absolute Gasteiger partial charge is 0.477 e. The predicted molar refractivity (Wildman–Crippen MR) is 128 cm³/mol. The fourth-order valence-corrected chi connectivity index (χ4v) is 6.03. The highest BCUT2D eigenvalue weighted by Gasteiger charge is 2.54. The number of nitrogens with two attached hydrogens (primary N) is 2. The monoisotopic (exact) mass is 518 g/mol. The van der Waals surface area contributed by atoms with Crippen LogP contribution in [-0.4, -0.2) is 71.5 Å². The number of primary amides is 1. The number of rotatable bonds is 8. The lowest BCUT2D eigenvalue weighted by Gasteiger charge is -2.49. The van der Waals surface area contributed by atoms with Gasteiger partial charge in [-0.25, -0.2) is 9.59 Å². The standard InChI is InChI=1S/C20H22N8O5S2/c1-27-8-23-26-20(27)35-7-10-6-34-17-13(16(30)28(17)14(10)18(31)32)25-15(29)12(21)9-2-4-11(5-3-9)24-19(22)33/h2-5,8,12-13,17H,6-7,21H2,1H3,(H,25,29)(H,31,32)(H3,22,24,33)/t12?,13?,17-/m0/s1. The van der Waals surface area contributed by atoms with E-state index in [0.29, 0.717) is 33.5 Å². The summed E-state index contributed by atoms with van der Waals surface area (Å²) in [5.41, 5.74) is 12.6. The van der Waals surface area contributed by atoms with Crippen LogP contribution >= 0.6 is 23.5 Å². The van der Waals surface area contributed by atoms with E-state index in [-0.39, 0.29) is 5.70 Å². The summed E-state index contributed by atoms with van der Waals surface area (Å²) >= 11 is 2.70. The van der Waals surface area contributed by atoms with Gasteiger partial charge in [0, 0.05) is 24.2 Å². The lowest BCUT2D eigenvalue weighted by atomic mass is 10.0. The Labute approximate surface area is 207 Å². The number of nitrogens with one attached hydrogen (secondary N) is 2. The van der Waals surface area contributed by atoms with Crippen molar-refractivity contribution in [3.63, 3.8) is 0 Å². The number of nitrogens with zero attached hydrogens (tertiary/aromatic N) is 4. The topological polar surface area (TPSA) is 199 Å². The second-order valence-corrected chi connectivity index (χ2v) is 9.80. The van der Waals surface area contributed by atoms with Crippen molar-refractivity contribution in [2.45, 2.75) is 22.6 Å². The van der Waals surface area contributed by atoms with Crippen LogP contribution < -0.4 is 22.1 Å². The van der Waals surface area contributed by atoms with Gasteiger partial charge in [-0.3, -0.25) is 14.5 Å². The number of thioether (sulfide) groups is 2. The Morgan fingerprint density at radius 2 is 2.03 bits per heavy atom. The molecular weight excluding hydrogens is 496 g/mol. The van der Waals surface area contributed by atoms with Crippen LogP contribution in [0.1, 0.15) is 11.6 Å². The van der Waals surface area contributed by atoms with Gasteiger partial charge in [-0.15, -0.1) is 22.0 Å². The Morgan fingerprint density at radius 3 is 2.63 bits per heavy atom. The molecule has 2 unspecified atom stereocenters. The summed E-state index contributed by atoms with van der Waals surface area (Å²) in [6.07, 6.45) is 1.55. The van der Waals surface area contributed by atoms with Crippen LogP contribution in [0.2, 0.25) is 0 Å². The van der Waals surface area contributed by atoms with E-state index in [1.165, 1.54) is 28.4 Å². The maximum absolute atomic E-state index is 12.9. The highest BCUT2D eigenvalue weighted by Crippen LogP contribution is 2.41. The number of carbonyl (C=O) groups excluding carboxylic acids is 3. The van der Waals surface area contributed by atoms with Gasteiger partial charge >= 0.3 is 12.0 Å².